The van der Waals surface area contributed by atoms with Gasteiger partial charge in [0.25, 0.3) is 0 Å². The first-order valence-corrected chi connectivity index (χ1v) is 7.84. The molecule has 0 spiro atoms. The largest absolute Gasteiger partial charge is 0.381 e. The van der Waals surface area contributed by atoms with E-state index in [0.29, 0.717) is 18.0 Å². The second-order valence-electron chi connectivity index (χ2n) is 5.63. The summed E-state index contributed by atoms with van der Waals surface area (Å²) < 4.78 is 5.36. The minimum atomic E-state index is 0.665. The van der Waals surface area contributed by atoms with Gasteiger partial charge in [-0.05, 0) is 58.3 Å². The molecule has 2 aliphatic rings. The van der Waals surface area contributed by atoms with Crippen molar-refractivity contribution in [3.05, 3.63) is 0 Å². The molecular formula is C17H28N2O. The van der Waals surface area contributed by atoms with Crippen molar-refractivity contribution in [2.24, 2.45) is 5.92 Å². The summed E-state index contributed by atoms with van der Waals surface area (Å²) in [7, 11) is 0. The summed E-state index contributed by atoms with van der Waals surface area (Å²) in [6.45, 7) is 5.48. The summed E-state index contributed by atoms with van der Waals surface area (Å²) in [4.78, 5) is 0. The van der Waals surface area contributed by atoms with Crippen molar-refractivity contribution < 1.29 is 4.74 Å². The van der Waals surface area contributed by atoms with Crippen LogP contribution in [0.1, 0.15) is 58.8 Å². The Bertz CT molecular complexity index is 330. The SMILES string of the molecule is CC#CC.N#CCC1CCC(NC2CCOCC2)CC1. The topological polar surface area (TPSA) is 45.0 Å². The lowest BCUT2D eigenvalue weighted by molar-refractivity contribution is 0.0723. The maximum absolute atomic E-state index is 8.67. The highest BCUT2D eigenvalue weighted by Gasteiger charge is 2.23. The van der Waals surface area contributed by atoms with Crippen LogP contribution in [0.15, 0.2) is 0 Å². The lowest BCUT2D eigenvalue weighted by Crippen LogP contribution is -2.43. The number of nitrogens with one attached hydrogen (secondary N) is 1. The summed E-state index contributed by atoms with van der Waals surface area (Å²) in [5.41, 5.74) is 0. The van der Waals surface area contributed by atoms with Gasteiger partial charge in [0.1, 0.15) is 0 Å². The molecular weight excluding hydrogens is 248 g/mol. The molecule has 0 aromatic carbocycles. The smallest absolute Gasteiger partial charge is 0.0624 e. The predicted molar refractivity (Wildman–Crippen MR) is 82.1 cm³/mol. The van der Waals surface area contributed by atoms with E-state index in [0.717, 1.165) is 32.5 Å². The molecule has 1 aliphatic heterocycles. The van der Waals surface area contributed by atoms with Gasteiger partial charge in [-0.15, -0.1) is 11.8 Å². The van der Waals surface area contributed by atoms with Crippen LogP contribution in [0.4, 0.5) is 0 Å². The molecule has 3 heteroatoms. The summed E-state index contributed by atoms with van der Waals surface area (Å²) in [6.07, 6.45) is 8.05. The first-order valence-electron chi connectivity index (χ1n) is 7.84. The lowest BCUT2D eigenvalue weighted by Gasteiger charge is -2.33. The van der Waals surface area contributed by atoms with E-state index >= 15 is 0 Å². The molecule has 0 bridgehead atoms. The number of nitriles is 1. The zero-order valence-electron chi connectivity index (χ0n) is 13.0. The molecule has 1 saturated heterocycles. The van der Waals surface area contributed by atoms with Gasteiger partial charge in [-0.25, -0.2) is 0 Å². The van der Waals surface area contributed by atoms with E-state index in [9.17, 15) is 0 Å². The zero-order valence-corrected chi connectivity index (χ0v) is 13.0. The normalized spacial score (nSPS) is 26.4. The number of hydrogen-bond donors (Lipinski definition) is 1. The molecule has 1 saturated carbocycles. The van der Waals surface area contributed by atoms with Gasteiger partial charge >= 0.3 is 0 Å². The molecule has 2 rings (SSSR count). The monoisotopic (exact) mass is 276 g/mol. The van der Waals surface area contributed by atoms with Crippen molar-refractivity contribution in [1.82, 2.24) is 5.32 Å². The van der Waals surface area contributed by atoms with Gasteiger partial charge in [-0.3, -0.25) is 0 Å². The van der Waals surface area contributed by atoms with Crippen molar-refractivity contribution in [2.75, 3.05) is 13.2 Å². The van der Waals surface area contributed by atoms with E-state index in [-0.39, 0.29) is 0 Å². The predicted octanol–water partition coefficient (Wildman–Crippen LogP) is 3.26. The molecule has 0 unspecified atom stereocenters. The Morgan fingerprint density at radius 1 is 0.950 bits per heavy atom. The first kappa shape index (κ1) is 17.0. The quantitative estimate of drug-likeness (QED) is 0.805. The van der Waals surface area contributed by atoms with Crippen LogP contribution in [0.2, 0.25) is 0 Å². The maximum atomic E-state index is 8.67. The van der Waals surface area contributed by atoms with Gasteiger partial charge in [-0.2, -0.15) is 5.26 Å². The third-order valence-corrected chi connectivity index (χ3v) is 4.17. The molecule has 0 aromatic rings. The van der Waals surface area contributed by atoms with Crippen molar-refractivity contribution in [3.63, 3.8) is 0 Å². The Morgan fingerprint density at radius 3 is 2.00 bits per heavy atom. The highest BCUT2D eigenvalue weighted by Crippen LogP contribution is 2.27. The Hall–Kier alpha value is -1.03. The number of rotatable bonds is 3. The molecule has 1 aliphatic carbocycles. The van der Waals surface area contributed by atoms with Crippen molar-refractivity contribution >= 4 is 0 Å². The van der Waals surface area contributed by atoms with E-state index in [2.05, 4.69) is 23.2 Å². The third kappa shape index (κ3) is 6.94. The van der Waals surface area contributed by atoms with Crippen LogP contribution in [0, 0.1) is 29.1 Å². The summed E-state index contributed by atoms with van der Waals surface area (Å²) in [5, 5.41) is 12.4. The van der Waals surface area contributed by atoms with Crippen molar-refractivity contribution in [3.8, 4) is 17.9 Å². The van der Waals surface area contributed by atoms with Gasteiger partial charge in [-0.1, -0.05) is 0 Å². The molecule has 112 valence electrons. The van der Waals surface area contributed by atoms with Crippen LogP contribution in [-0.2, 0) is 4.74 Å². The molecule has 0 radical (unpaired) electrons. The van der Waals surface area contributed by atoms with E-state index < -0.39 is 0 Å². The second kappa shape index (κ2) is 10.7. The fourth-order valence-corrected chi connectivity index (χ4v) is 2.86. The van der Waals surface area contributed by atoms with Gasteiger partial charge in [0, 0.05) is 31.7 Å². The highest BCUT2D eigenvalue weighted by atomic mass is 16.5. The fraction of sp³-hybridized carbons (Fsp3) is 0.824. The minimum Gasteiger partial charge on any atom is -0.381 e. The van der Waals surface area contributed by atoms with Crippen molar-refractivity contribution in [2.45, 2.75) is 70.9 Å². The molecule has 0 amide bonds. The standard InChI is InChI=1S/C13H22N2O.C4H6/c14-8-5-11-1-3-12(4-2-11)15-13-6-9-16-10-7-13;1-3-4-2/h11-13,15H,1-7,9-10H2;1-2H3. The number of ether oxygens (including phenoxy) is 1. The Balaban J connectivity index is 0.000000444. The molecule has 0 aromatic heterocycles. The zero-order chi connectivity index (χ0) is 14.6. The molecule has 0 atom stereocenters. The first-order chi connectivity index (χ1) is 9.80. The average molecular weight is 276 g/mol. The van der Waals surface area contributed by atoms with Crippen LogP contribution < -0.4 is 5.32 Å². The van der Waals surface area contributed by atoms with Crippen LogP contribution in [-0.4, -0.2) is 25.3 Å². The molecule has 2 fully saturated rings. The Morgan fingerprint density at radius 2 is 1.50 bits per heavy atom. The highest BCUT2D eigenvalue weighted by molar-refractivity contribution is 4.89. The lowest BCUT2D eigenvalue weighted by atomic mass is 9.84. The Kier molecular flexibility index (Phi) is 9.13. The maximum Gasteiger partial charge on any atom is 0.0624 e. The van der Waals surface area contributed by atoms with Gasteiger partial charge in [0.2, 0.25) is 0 Å². The van der Waals surface area contributed by atoms with Crippen molar-refractivity contribution in [1.29, 1.82) is 5.26 Å². The van der Waals surface area contributed by atoms with E-state index in [1.54, 1.807) is 0 Å². The van der Waals surface area contributed by atoms with E-state index in [1.807, 2.05) is 13.8 Å². The second-order valence-corrected chi connectivity index (χ2v) is 5.63. The van der Waals surface area contributed by atoms with E-state index in [4.69, 9.17) is 10.00 Å². The minimum absolute atomic E-state index is 0.665. The summed E-state index contributed by atoms with van der Waals surface area (Å²) in [6, 6.07) is 3.66. The number of hydrogen-bond acceptors (Lipinski definition) is 3. The Labute approximate surface area is 124 Å². The van der Waals surface area contributed by atoms with E-state index in [1.165, 1.54) is 25.7 Å². The number of nitrogens with zero attached hydrogens (tertiary/aromatic N) is 1. The summed E-state index contributed by atoms with van der Waals surface area (Å²) >= 11 is 0. The van der Waals surface area contributed by atoms with Gasteiger partial charge in [0.05, 0.1) is 6.07 Å². The van der Waals surface area contributed by atoms with Crippen LogP contribution in [0.5, 0.6) is 0 Å². The fourth-order valence-electron chi connectivity index (χ4n) is 2.86. The van der Waals surface area contributed by atoms with Gasteiger partial charge in [0.15, 0.2) is 0 Å². The van der Waals surface area contributed by atoms with Gasteiger partial charge < -0.3 is 10.1 Å². The summed E-state index contributed by atoms with van der Waals surface area (Å²) in [5.74, 6) is 6.03. The average Bonchev–Trinajstić information content (AvgIpc) is 2.51. The molecule has 1 N–H and O–H groups in total. The van der Waals surface area contributed by atoms with Crippen LogP contribution >= 0.6 is 0 Å². The molecule has 3 nitrogen and oxygen atoms in total. The van der Waals surface area contributed by atoms with Crippen LogP contribution in [0.25, 0.3) is 0 Å². The molecule has 1 heterocycles. The molecule has 20 heavy (non-hydrogen) atoms. The third-order valence-electron chi connectivity index (χ3n) is 4.17. The van der Waals surface area contributed by atoms with Crippen LogP contribution in [0.3, 0.4) is 0 Å².